The van der Waals surface area contributed by atoms with Crippen LogP contribution in [0.1, 0.15) is 43.0 Å². The van der Waals surface area contributed by atoms with E-state index >= 15 is 0 Å². The summed E-state index contributed by atoms with van der Waals surface area (Å²) in [6.07, 6.45) is -2.49. The van der Waals surface area contributed by atoms with Crippen LogP contribution in [0.25, 0.3) is 27.9 Å². The first-order valence-electron chi connectivity index (χ1n) is 14.5. The van der Waals surface area contributed by atoms with Gasteiger partial charge in [0, 0.05) is 23.4 Å². The minimum absolute atomic E-state index is 0.279. The number of hydrogen-bond donors (Lipinski definition) is 4. The second kappa shape index (κ2) is 13.6. The first kappa shape index (κ1) is 29.9. The third-order valence-electron chi connectivity index (χ3n) is 7.87. The third kappa shape index (κ3) is 6.10. The number of aliphatic hydroxyl groups is 4. The van der Waals surface area contributed by atoms with Gasteiger partial charge in [-0.25, -0.2) is 4.52 Å². The largest absolute Gasteiger partial charge is 0.394 e. The maximum atomic E-state index is 10.2. The Morgan fingerprint density at radius 2 is 1.71 bits per heavy atom. The number of aryl methyl sites for hydroxylation is 1. The second-order valence-electron chi connectivity index (χ2n) is 10.6. The van der Waals surface area contributed by atoms with Crippen LogP contribution in [0.15, 0.2) is 66.7 Å². The SMILES string of the molecule is CCc1ccc2c(-c3cccc(C#N)c3)c(CCCCCO[C@@H]3O[C@H](CO)[C@H](O)[C@@H](O)[C@@H]3O)c(-c3ccccc3)nn12. The van der Waals surface area contributed by atoms with Crippen molar-refractivity contribution in [2.24, 2.45) is 0 Å². The van der Waals surface area contributed by atoms with Crippen LogP contribution in [-0.2, 0) is 22.3 Å². The van der Waals surface area contributed by atoms with Crippen LogP contribution in [0.3, 0.4) is 0 Å². The van der Waals surface area contributed by atoms with E-state index in [0.717, 1.165) is 64.8 Å². The van der Waals surface area contributed by atoms with Crippen LogP contribution in [0.2, 0.25) is 0 Å². The number of rotatable bonds is 11. The Bertz CT molecular complexity index is 1530. The van der Waals surface area contributed by atoms with Gasteiger partial charge in [-0.2, -0.15) is 10.4 Å². The Hall–Kier alpha value is -3.62. The minimum atomic E-state index is -1.46. The smallest absolute Gasteiger partial charge is 0.186 e. The first-order chi connectivity index (χ1) is 20.5. The molecule has 0 spiro atoms. The number of hydrogen-bond acceptors (Lipinski definition) is 8. The summed E-state index contributed by atoms with van der Waals surface area (Å²) >= 11 is 0. The zero-order valence-electron chi connectivity index (χ0n) is 23.6. The molecule has 1 saturated heterocycles. The number of aromatic nitrogens is 2. The fourth-order valence-corrected chi connectivity index (χ4v) is 5.60. The fourth-order valence-electron chi connectivity index (χ4n) is 5.60. The van der Waals surface area contributed by atoms with Gasteiger partial charge in [-0.3, -0.25) is 0 Å². The summed E-state index contributed by atoms with van der Waals surface area (Å²) in [7, 11) is 0. The molecule has 9 nitrogen and oxygen atoms in total. The molecule has 9 heteroatoms. The molecule has 4 N–H and O–H groups in total. The molecule has 5 rings (SSSR count). The lowest BCUT2D eigenvalue weighted by Gasteiger charge is -2.39. The Morgan fingerprint density at radius 1 is 0.929 bits per heavy atom. The zero-order valence-corrected chi connectivity index (χ0v) is 23.6. The minimum Gasteiger partial charge on any atom is -0.394 e. The van der Waals surface area contributed by atoms with Crippen LogP contribution in [0.5, 0.6) is 0 Å². The summed E-state index contributed by atoms with van der Waals surface area (Å²) in [4.78, 5) is 0. The van der Waals surface area contributed by atoms with Crippen molar-refractivity contribution in [3.63, 3.8) is 0 Å². The molecule has 42 heavy (non-hydrogen) atoms. The normalized spacial score (nSPS) is 22.3. The molecule has 1 aliphatic heterocycles. The highest BCUT2D eigenvalue weighted by Gasteiger charge is 2.43. The van der Waals surface area contributed by atoms with Crippen molar-refractivity contribution in [1.82, 2.24) is 9.61 Å². The van der Waals surface area contributed by atoms with Crippen LogP contribution in [-0.4, -0.2) is 74.0 Å². The molecule has 4 aromatic rings. The molecule has 2 aromatic carbocycles. The molecule has 2 aromatic heterocycles. The highest BCUT2D eigenvalue weighted by Crippen LogP contribution is 2.37. The lowest BCUT2D eigenvalue weighted by Crippen LogP contribution is -2.59. The van der Waals surface area contributed by atoms with Crippen molar-refractivity contribution < 1.29 is 29.9 Å². The van der Waals surface area contributed by atoms with Crippen molar-refractivity contribution in [3.8, 4) is 28.5 Å². The van der Waals surface area contributed by atoms with Gasteiger partial charge < -0.3 is 29.9 Å². The fraction of sp³-hybridized carbons (Fsp3) is 0.394. The third-order valence-corrected chi connectivity index (χ3v) is 7.87. The Labute approximate surface area is 245 Å². The lowest BCUT2D eigenvalue weighted by molar-refractivity contribution is -0.301. The van der Waals surface area contributed by atoms with E-state index in [0.29, 0.717) is 12.0 Å². The van der Waals surface area contributed by atoms with E-state index in [2.05, 4.69) is 37.3 Å². The van der Waals surface area contributed by atoms with E-state index in [1.807, 2.05) is 47.0 Å². The molecule has 0 bridgehead atoms. The number of fused-ring (bicyclic) bond motifs is 1. The van der Waals surface area contributed by atoms with Crippen LogP contribution in [0.4, 0.5) is 0 Å². The molecule has 0 saturated carbocycles. The molecule has 0 radical (unpaired) electrons. The topological polar surface area (TPSA) is 140 Å². The van der Waals surface area contributed by atoms with Crippen molar-refractivity contribution in [2.75, 3.05) is 13.2 Å². The lowest BCUT2D eigenvalue weighted by atomic mass is 9.91. The average molecular weight is 572 g/mol. The number of nitriles is 1. The van der Waals surface area contributed by atoms with Crippen molar-refractivity contribution in [2.45, 2.75) is 69.7 Å². The van der Waals surface area contributed by atoms with Gasteiger partial charge in [0.2, 0.25) is 0 Å². The van der Waals surface area contributed by atoms with Crippen molar-refractivity contribution in [1.29, 1.82) is 5.26 Å². The first-order valence-corrected chi connectivity index (χ1v) is 14.5. The number of benzene rings is 2. The average Bonchev–Trinajstić information content (AvgIpc) is 3.45. The summed E-state index contributed by atoms with van der Waals surface area (Å²) in [5, 5.41) is 54.3. The van der Waals surface area contributed by atoms with Gasteiger partial charge in [0.25, 0.3) is 0 Å². The summed E-state index contributed by atoms with van der Waals surface area (Å²) in [6, 6.07) is 24.3. The van der Waals surface area contributed by atoms with Gasteiger partial charge in [0.15, 0.2) is 6.29 Å². The van der Waals surface area contributed by atoms with Crippen molar-refractivity contribution >= 4 is 5.52 Å². The molecule has 220 valence electrons. The van der Waals surface area contributed by atoms with E-state index in [-0.39, 0.29) is 6.61 Å². The van der Waals surface area contributed by atoms with Gasteiger partial charge in [-0.1, -0.05) is 55.8 Å². The summed E-state index contributed by atoms with van der Waals surface area (Å²) in [6.45, 7) is 1.90. The summed E-state index contributed by atoms with van der Waals surface area (Å²) in [5.41, 5.74) is 7.79. The van der Waals surface area contributed by atoms with E-state index < -0.39 is 37.3 Å². The molecule has 0 unspecified atom stereocenters. The molecular formula is C33H37N3O6. The highest BCUT2D eigenvalue weighted by molar-refractivity contribution is 5.88. The molecule has 1 aliphatic rings. The van der Waals surface area contributed by atoms with Crippen molar-refractivity contribution in [3.05, 3.63) is 83.6 Å². The van der Waals surface area contributed by atoms with Gasteiger partial charge in [-0.05, 0) is 61.1 Å². The van der Waals surface area contributed by atoms with E-state index in [9.17, 15) is 25.7 Å². The highest BCUT2D eigenvalue weighted by atomic mass is 16.7. The van der Waals surface area contributed by atoms with Gasteiger partial charge >= 0.3 is 0 Å². The number of nitrogens with zero attached hydrogens (tertiary/aromatic N) is 3. The number of aliphatic hydroxyl groups excluding tert-OH is 4. The van der Waals surface area contributed by atoms with Crippen LogP contribution >= 0.6 is 0 Å². The standard InChI is InChI=1S/C33H37N3O6/c1-2-24-15-16-26-28(23-13-9-10-21(18-23)19-34)25(29(35-36(24)26)22-11-5-3-6-12-22)14-7-4-8-17-41-33-32(40)31(39)30(38)27(20-37)42-33/h3,5-6,9-13,15-16,18,27,30-33,37-40H,2,4,7-8,14,17,20H2,1H3/t27-,30+,31-,32+,33-/m1/s1. The predicted molar refractivity (Wildman–Crippen MR) is 157 cm³/mol. The Kier molecular flexibility index (Phi) is 9.65. The van der Waals surface area contributed by atoms with Crippen LogP contribution in [0, 0.1) is 11.3 Å². The second-order valence-corrected chi connectivity index (χ2v) is 10.6. The van der Waals surface area contributed by atoms with Gasteiger partial charge in [-0.15, -0.1) is 0 Å². The predicted octanol–water partition coefficient (Wildman–Crippen LogP) is 3.63. The monoisotopic (exact) mass is 571 g/mol. The molecule has 0 aliphatic carbocycles. The van der Waals surface area contributed by atoms with Crippen LogP contribution < -0.4 is 0 Å². The maximum Gasteiger partial charge on any atom is 0.186 e. The van der Waals surface area contributed by atoms with E-state index in [4.69, 9.17) is 14.6 Å². The molecule has 5 atom stereocenters. The van der Waals surface area contributed by atoms with Gasteiger partial charge in [0.1, 0.15) is 24.4 Å². The maximum absolute atomic E-state index is 10.2. The zero-order chi connectivity index (χ0) is 29.6. The van der Waals surface area contributed by atoms with E-state index in [1.54, 1.807) is 0 Å². The van der Waals surface area contributed by atoms with E-state index in [1.165, 1.54) is 0 Å². The molecule has 3 heterocycles. The molecule has 1 fully saturated rings. The number of ether oxygens (including phenoxy) is 2. The molecule has 0 amide bonds. The molecular weight excluding hydrogens is 534 g/mol. The summed E-state index contributed by atoms with van der Waals surface area (Å²) < 4.78 is 13.1. The Morgan fingerprint density at radius 3 is 2.45 bits per heavy atom. The summed E-state index contributed by atoms with van der Waals surface area (Å²) in [5.74, 6) is 0. The number of unbranched alkanes of at least 4 members (excludes halogenated alkanes) is 2. The Balaban J connectivity index is 1.39. The van der Waals surface area contributed by atoms with Gasteiger partial charge in [0.05, 0.1) is 29.5 Å². The quantitative estimate of drug-likeness (QED) is 0.200.